The fourth-order valence-corrected chi connectivity index (χ4v) is 3.09. The summed E-state index contributed by atoms with van der Waals surface area (Å²) in [4.78, 5) is 2.55. The van der Waals surface area contributed by atoms with E-state index in [2.05, 4.69) is 40.2 Å². The minimum atomic E-state index is 1.08. The van der Waals surface area contributed by atoms with E-state index in [0.29, 0.717) is 0 Å². The summed E-state index contributed by atoms with van der Waals surface area (Å²) in [5.41, 5.74) is 2.83. The summed E-state index contributed by atoms with van der Waals surface area (Å²) in [5.74, 6) is 0. The molecule has 0 saturated carbocycles. The number of benzene rings is 1. The van der Waals surface area contributed by atoms with Gasteiger partial charge in [0.1, 0.15) is 0 Å². The van der Waals surface area contributed by atoms with E-state index in [0.717, 1.165) is 45.6 Å². The third-order valence-electron chi connectivity index (χ3n) is 4.30. The lowest BCUT2D eigenvalue weighted by Gasteiger charge is -2.30. The highest BCUT2D eigenvalue weighted by atomic mass is 15.5. The quantitative estimate of drug-likeness (QED) is 0.841. The number of hydrogen-bond acceptors (Lipinski definition) is 3. The zero-order chi connectivity index (χ0) is 13.6. The summed E-state index contributed by atoms with van der Waals surface area (Å²) in [6, 6.07) is 10.8. The van der Waals surface area contributed by atoms with Gasteiger partial charge in [0, 0.05) is 51.3 Å². The van der Waals surface area contributed by atoms with Gasteiger partial charge in [0.25, 0.3) is 0 Å². The average Bonchev–Trinajstić information content (AvgIpc) is 2.51. The molecule has 108 valence electrons. The molecule has 3 nitrogen and oxygen atoms in total. The number of likely N-dealkylation sites (tertiary alicyclic amines) is 1. The van der Waals surface area contributed by atoms with Gasteiger partial charge in [-0.3, -0.25) is 9.91 Å². The van der Waals surface area contributed by atoms with E-state index >= 15 is 0 Å². The van der Waals surface area contributed by atoms with Crippen LogP contribution in [0.25, 0.3) is 0 Å². The lowest BCUT2D eigenvalue weighted by molar-refractivity contribution is 0.229. The van der Waals surface area contributed by atoms with Crippen LogP contribution in [0.5, 0.6) is 0 Å². The largest absolute Gasteiger partial charge is 0.298 e. The van der Waals surface area contributed by atoms with E-state index < -0.39 is 0 Å². The summed E-state index contributed by atoms with van der Waals surface area (Å²) in [7, 11) is 0. The zero-order valence-corrected chi connectivity index (χ0v) is 12.3. The Labute approximate surface area is 122 Å². The Hall–Kier alpha value is -1.35. The molecule has 0 radical (unpaired) electrons. The predicted molar refractivity (Wildman–Crippen MR) is 83.8 cm³/mol. The standard InChI is InChI=1S/C17H25N3/c1-3-7-16(8-4-1)15-19-13-9-17(10-14-19)18-20-11-5-2-6-12-20/h1,3-4,7-8H,2,5-6,9-15H2. The summed E-state index contributed by atoms with van der Waals surface area (Å²) in [6.45, 7) is 5.72. The first-order valence-electron chi connectivity index (χ1n) is 7.98. The second-order valence-corrected chi connectivity index (χ2v) is 5.94. The lowest BCUT2D eigenvalue weighted by atomic mass is 10.1. The highest BCUT2D eigenvalue weighted by Gasteiger charge is 2.16. The number of nitrogens with zero attached hydrogens (tertiary/aromatic N) is 3. The van der Waals surface area contributed by atoms with Crippen LogP contribution in [0, 0.1) is 0 Å². The maximum absolute atomic E-state index is 4.86. The van der Waals surface area contributed by atoms with Gasteiger partial charge in [-0.25, -0.2) is 0 Å². The fourth-order valence-electron chi connectivity index (χ4n) is 3.09. The molecule has 2 aliphatic heterocycles. The van der Waals surface area contributed by atoms with Gasteiger partial charge in [-0.1, -0.05) is 30.3 Å². The Bertz CT molecular complexity index is 425. The molecule has 2 aliphatic rings. The molecule has 1 aromatic carbocycles. The molecule has 0 aromatic heterocycles. The SMILES string of the molecule is c1ccc(CN2CCC(=NN3CCCCC3)CC2)cc1. The molecule has 20 heavy (non-hydrogen) atoms. The van der Waals surface area contributed by atoms with Crippen LogP contribution >= 0.6 is 0 Å². The zero-order valence-electron chi connectivity index (χ0n) is 12.3. The second-order valence-electron chi connectivity index (χ2n) is 5.94. The highest BCUT2D eigenvalue weighted by molar-refractivity contribution is 5.85. The molecule has 2 saturated heterocycles. The van der Waals surface area contributed by atoms with Crippen LogP contribution in [0.2, 0.25) is 0 Å². The third kappa shape index (κ3) is 3.83. The minimum absolute atomic E-state index is 1.08. The van der Waals surface area contributed by atoms with Gasteiger partial charge in [0.15, 0.2) is 0 Å². The second kappa shape index (κ2) is 6.89. The van der Waals surface area contributed by atoms with Crippen LogP contribution in [0.3, 0.4) is 0 Å². The fraction of sp³-hybridized carbons (Fsp3) is 0.588. The Morgan fingerprint density at radius 1 is 0.850 bits per heavy atom. The third-order valence-corrected chi connectivity index (χ3v) is 4.30. The first-order valence-corrected chi connectivity index (χ1v) is 7.98. The molecule has 0 spiro atoms. The number of hydrogen-bond donors (Lipinski definition) is 0. The van der Waals surface area contributed by atoms with Crippen molar-refractivity contribution in [3.63, 3.8) is 0 Å². The van der Waals surface area contributed by atoms with Crippen molar-refractivity contribution in [1.29, 1.82) is 0 Å². The maximum Gasteiger partial charge on any atom is 0.0406 e. The van der Waals surface area contributed by atoms with Crippen molar-refractivity contribution in [2.24, 2.45) is 5.10 Å². The monoisotopic (exact) mass is 271 g/mol. The molecular weight excluding hydrogens is 246 g/mol. The molecule has 0 atom stereocenters. The molecule has 1 aromatic rings. The summed E-state index contributed by atoms with van der Waals surface area (Å²) >= 11 is 0. The van der Waals surface area contributed by atoms with E-state index in [9.17, 15) is 0 Å². The van der Waals surface area contributed by atoms with Crippen LogP contribution in [-0.2, 0) is 6.54 Å². The molecular formula is C17H25N3. The van der Waals surface area contributed by atoms with Gasteiger partial charge in [-0.15, -0.1) is 0 Å². The summed E-state index contributed by atoms with van der Waals surface area (Å²) in [6.07, 6.45) is 6.30. The van der Waals surface area contributed by atoms with Gasteiger partial charge < -0.3 is 0 Å². The predicted octanol–water partition coefficient (Wildman–Crippen LogP) is 3.12. The van der Waals surface area contributed by atoms with Crippen molar-refractivity contribution in [2.75, 3.05) is 26.2 Å². The number of rotatable bonds is 3. The summed E-state index contributed by atoms with van der Waals surface area (Å²) < 4.78 is 0. The lowest BCUT2D eigenvalue weighted by Crippen LogP contribution is -2.35. The first kappa shape index (κ1) is 13.6. The molecule has 0 N–H and O–H groups in total. The summed E-state index contributed by atoms with van der Waals surface area (Å²) in [5, 5.41) is 7.16. The van der Waals surface area contributed by atoms with Crippen molar-refractivity contribution >= 4 is 5.71 Å². The van der Waals surface area contributed by atoms with E-state index in [-0.39, 0.29) is 0 Å². The van der Waals surface area contributed by atoms with E-state index in [1.54, 1.807) is 0 Å². The molecule has 3 rings (SSSR count). The smallest absolute Gasteiger partial charge is 0.0406 e. The van der Waals surface area contributed by atoms with Gasteiger partial charge in [0.05, 0.1) is 0 Å². The molecule has 0 amide bonds. The van der Waals surface area contributed by atoms with Gasteiger partial charge >= 0.3 is 0 Å². The van der Waals surface area contributed by atoms with Gasteiger partial charge in [0.2, 0.25) is 0 Å². The minimum Gasteiger partial charge on any atom is -0.298 e. The van der Waals surface area contributed by atoms with Crippen molar-refractivity contribution < 1.29 is 0 Å². The normalized spacial score (nSPS) is 21.0. The Kier molecular flexibility index (Phi) is 4.69. The van der Waals surface area contributed by atoms with Gasteiger partial charge in [-0.2, -0.15) is 5.10 Å². The Balaban J connectivity index is 1.48. The molecule has 0 aliphatic carbocycles. The Morgan fingerprint density at radius 3 is 2.25 bits per heavy atom. The molecule has 2 fully saturated rings. The Morgan fingerprint density at radius 2 is 1.55 bits per heavy atom. The van der Waals surface area contributed by atoms with E-state index in [4.69, 9.17) is 5.10 Å². The van der Waals surface area contributed by atoms with Crippen LogP contribution in [0.4, 0.5) is 0 Å². The van der Waals surface area contributed by atoms with Crippen LogP contribution in [0.15, 0.2) is 35.4 Å². The number of piperidine rings is 2. The average molecular weight is 271 g/mol. The van der Waals surface area contributed by atoms with Crippen molar-refractivity contribution in [2.45, 2.75) is 38.6 Å². The first-order chi connectivity index (χ1) is 9.90. The highest BCUT2D eigenvalue weighted by Crippen LogP contribution is 2.14. The molecule has 0 bridgehead atoms. The molecule has 2 heterocycles. The van der Waals surface area contributed by atoms with E-state index in [1.807, 2.05) is 0 Å². The topological polar surface area (TPSA) is 18.8 Å². The van der Waals surface area contributed by atoms with Crippen LogP contribution in [0.1, 0.15) is 37.7 Å². The van der Waals surface area contributed by atoms with Crippen LogP contribution in [-0.4, -0.2) is 41.8 Å². The van der Waals surface area contributed by atoms with Crippen molar-refractivity contribution in [1.82, 2.24) is 9.91 Å². The van der Waals surface area contributed by atoms with Crippen molar-refractivity contribution in [3.05, 3.63) is 35.9 Å². The number of hydrazone groups is 1. The molecule has 0 unspecified atom stereocenters. The van der Waals surface area contributed by atoms with Gasteiger partial charge in [-0.05, 0) is 24.8 Å². The maximum atomic E-state index is 4.86. The van der Waals surface area contributed by atoms with Crippen LogP contribution < -0.4 is 0 Å². The van der Waals surface area contributed by atoms with Crippen molar-refractivity contribution in [3.8, 4) is 0 Å². The van der Waals surface area contributed by atoms with E-state index in [1.165, 1.54) is 30.5 Å². The molecule has 3 heteroatoms.